The first-order valence-corrected chi connectivity index (χ1v) is 7.87. The van der Waals surface area contributed by atoms with E-state index in [1.807, 2.05) is 19.2 Å². The molecule has 0 radical (unpaired) electrons. The molecule has 1 unspecified atom stereocenters. The zero-order valence-corrected chi connectivity index (χ0v) is 13.0. The Labute approximate surface area is 126 Å². The quantitative estimate of drug-likeness (QED) is 0.905. The number of rotatable bonds is 5. The minimum Gasteiger partial charge on any atom is -0.493 e. The van der Waals surface area contributed by atoms with Crippen molar-refractivity contribution in [2.75, 3.05) is 20.8 Å². The summed E-state index contributed by atoms with van der Waals surface area (Å²) in [5.74, 6) is 1.70. The van der Waals surface area contributed by atoms with Gasteiger partial charge in [-0.25, -0.2) is 0 Å². The van der Waals surface area contributed by atoms with Crippen LogP contribution >= 0.6 is 0 Å². The van der Waals surface area contributed by atoms with E-state index in [-0.39, 0.29) is 11.7 Å². The van der Waals surface area contributed by atoms with Crippen LogP contribution in [0.2, 0.25) is 0 Å². The van der Waals surface area contributed by atoms with E-state index in [2.05, 4.69) is 11.4 Å². The number of methoxy groups -OCH3 is 1. The molecule has 1 aromatic rings. The molecule has 1 atom stereocenters. The molecule has 1 aliphatic heterocycles. The molecular weight excluding hydrogens is 266 g/mol. The summed E-state index contributed by atoms with van der Waals surface area (Å²) in [5.41, 5.74) is 1.25. The van der Waals surface area contributed by atoms with Gasteiger partial charge in [0.25, 0.3) is 0 Å². The maximum atomic E-state index is 6.35. The maximum absolute atomic E-state index is 6.35. The molecule has 116 valence electrons. The van der Waals surface area contributed by atoms with E-state index in [4.69, 9.17) is 14.2 Å². The van der Waals surface area contributed by atoms with Gasteiger partial charge in [0.05, 0.1) is 19.3 Å². The first-order valence-electron chi connectivity index (χ1n) is 7.87. The van der Waals surface area contributed by atoms with Crippen molar-refractivity contribution in [3.05, 3.63) is 23.8 Å². The van der Waals surface area contributed by atoms with Crippen molar-refractivity contribution in [3.63, 3.8) is 0 Å². The summed E-state index contributed by atoms with van der Waals surface area (Å²) < 4.78 is 17.8. The Morgan fingerprint density at radius 1 is 1.38 bits per heavy atom. The lowest BCUT2D eigenvalue weighted by atomic mass is 9.74. The van der Waals surface area contributed by atoms with E-state index >= 15 is 0 Å². The predicted molar refractivity (Wildman–Crippen MR) is 81.9 cm³/mol. The summed E-state index contributed by atoms with van der Waals surface area (Å²) in [4.78, 5) is 0. The minimum atomic E-state index is 0.105. The average Bonchev–Trinajstić information content (AvgIpc) is 2.48. The van der Waals surface area contributed by atoms with E-state index in [0.717, 1.165) is 43.1 Å². The van der Waals surface area contributed by atoms with Crippen molar-refractivity contribution in [2.24, 2.45) is 0 Å². The Bertz CT molecular complexity index is 485. The third-order valence-corrected chi connectivity index (χ3v) is 4.64. The van der Waals surface area contributed by atoms with E-state index in [1.54, 1.807) is 7.11 Å². The lowest BCUT2D eigenvalue weighted by Crippen LogP contribution is -2.48. The molecule has 0 bridgehead atoms. The van der Waals surface area contributed by atoms with Gasteiger partial charge in [0.2, 0.25) is 0 Å². The van der Waals surface area contributed by atoms with Crippen LogP contribution < -0.4 is 14.8 Å². The summed E-state index contributed by atoms with van der Waals surface area (Å²) in [6, 6.07) is 6.06. The van der Waals surface area contributed by atoms with Crippen LogP contribution in [0.15, 0.2) is 18.2 Å². The van der Waals surface area contributed by atoms with Crippen LogP contribution in [0.5, 0.6) is 11.5 Å². The molecule has 1 saturated carbocycles. The van der Waals surface area contributed by atoms with Crippen LogP contribution in [-0.4, -0.2) is 32.5 Å². The number of hydrogen-bond donors (Lipinski definition) is 1. The first kappa shape index (κ1) is 14.7. The van der Waals surface area contributed by atoms with Gasteiger partial charge in [-0.1, -0.05) is 12.1 Å². The van der Waals surface area contributed by atoms with E-state index in [1.165, 1.54) is 19.3 Å². The van der Waals surface area contributed by atoms with Crippen LogP contribution in [0, 0.1) is 0 Å². The molecule has 1 saturated heterocycles. The molecule has 1 spiro atoms. The topological polar surface area (TPSA) is 39.7 Å². The van der Waals surface area contributed by atoms with Gasteiger partial charge >= 0.3 is 0 Å². The molecule has 2 fully saturated rings. The molecule has 0 aromatic heterocycles. The summed E-state index contributed by atoms with van der Waals surface area (Å²) >= 11 is 0. The standard InChI is InChI=1S/C17H25NO3/c1-18-12-13-5-3-6-15(19-2)16(13)21-14-7-10-20-17(11-14)8-4-9-17/h3,5-6,14,18H,4,7-12H2,1-2H3. The van der Waals surface area contributed by atoms with Crippen LogP contribution in [0.3, 0.4) is 0 Å². The summed E-state index contributed by atoms with van der Waals surface area (Å²) in [6.07, 6.45) is 5.84. The molecule has 1 aliphatic carbocycles. The van der Waals surface area contributed by atoms with Gasteiger partial charge in [0.1, 0.15) is 6.10 Å². The number of para-hydroxylation sites is 1. The Hall–Kier alpha value is -1.26. The first-order chi connectivity index (χ1) is 10.3. The summed E-state index contributed by atoms with van der Waals surface area (Å²) in [7, 11) is 3.64. The minimum absolute atomic E-state index is 0.105. The molecule has 1 N–H and O–H groups in total. The zero-order chi connectivity index (χ0) is 14.7. The van der Waals surface area contributed by atoms with E-state index in [0.29, 0.717) is 0 Å². The average molecular weight is 291 g/mol. The molecular formula is C17H25NO3. The van der Waals surface area contributed by atoms with E-state index < -0.39 is 0 Å². The monoisotopic (exact) mass is 291 g/mol. The molecule has 1 heterocycles. The Morgan fingerprint density at radius 3 is 2.90 bits per heavy atom. The smallest absolute Gasteiger partial charge is 0.166 e. The second-order valence-electron chi connectivity index (χ2n) is 6.10. The van der Waals surface area contributed by atoms with Crippen molar-refractivity contribution in [1.29, 1.82) is 0 Å². The van der Waals surface area contributed by atoms with Gasteiger partial charge in [0, 0.05) is 24.9 Å². The fourth-order valence-electron chi connectivity index (χ4n) is 3.36. The van der Waals surface area contributed by atoms with Gasteiger partial charge in [0.15, 0.2) is 11.5 Å². The van der Waals surface area contributed by atoms with Crippen LogP contribution in [0.4, 0.5) is 0 Å². The van der Waals surface area contributed by atoms with Crippen LogP contribution in [0.25, 0.3) is 0 Å². The van der Waals surface area contributed by atoms with Gasteiger partial charge in [-0.3, -0.25) is 0 Å². The molecule has 3 rings (SSSR count). The van der Waals surface area contributed by atoms with Crippen molar-refractivity contribution in [2.45, 2.75) is 50.4 Å². The third-order valence-electron chi connectivity index (χ3n) is 4.64. The van der Waals surface area contributed by atoms with Crippen molar-refractivity contribution >= 4 is 0 Å². The molecule has 1 aromatic carbocycles. The van der Waals surface area contributed by atoms with Crippen LogP contribution in [0.1, 0.15) is 37.7 Å². The van der Waals surface area contributed by atoms with Gasteiger partial charge in [-0.05, 0) is 32.4 Å². The normalized spacial score (nSPS) is 23.6. The maximum Gasteiger partial charge on any atom is 0.166 e. The summed E-state index contributed by atoms with van der Waals surface area (Å²) in [5, 5.41) is 3.19. The third kappa shape index (κ3) is 3.01. The second-order valence-corrected chi connectivity index (χ2v) is 6.10. The molecule has 2 aliphatic rings. The van der Waals surface area contributed by atoms with Crippen molar-refractivity contribution in [3.8, 4) is 11.5 Å². The fourth-order valence-corrected chi connectivity index (χ4v) is 3.36. The predicted octanol–water partition coefficient (Wildman–Crippen LogP) is 2.90. The largest absolute Gasteiger partial charge is 0.493 e. The fraction of sp³-hybridized carbons (Fsp3) is 0.647. The van der Waals surface area contributed by atoms with Crippen molar-refractivity contribution < 1.29 is 14.2 Å². The molecule has 4 nitrogen and oxygen atoms in total. The van der Waals surface area contributed by atoms with Crippen molar-refractivity contribution in [1.82, 2.24) is 5.32 Å². The van der Waals surface area contributed by atoms with Crippen LogP contribution in [-0.2, 0) is 11.3 Å². The highest BCUT2D eigenvalue weighted by Crippen LogP contribution is 2.44. The Kier molecular flexibility index (Phi) is 4.36. The highest BCUT2D eigenvalue weighted by molar-refractivity contribution is 5.46. The summed E-state index contributed by atoms with van der Waals surface area (Å²) in [6.45, 7) is 1.59. The van der Waals surface area contributed by atoms with E-state index in [9.17, 15) is 0 Å². The van der Waals surface area contributed by atoms with Gasteiger partial charge in [-0.15, -0.1) is 0 Å². The highest BCUT2D eigenvalue weighted by atomic mass is 16.5. The molecule has 0 amide bonds. The molecule has 4 heteroatoms. The SMILES string of the molecule is CNCc1cccc(OC)c1OC1CCOC2(CCC2)C1. The Balaban J connectivity index is 1.76. The Morgan fingerprint density at radius 2 is 2.24 bits per heavy atom. The highest BCUT2D eigenvalue weighted by Gasteiger charge is 2.43. The zero-order valence-electron chi connectivity index (χ0n) is 13.0. The van der Waals surface area contributed by atoms with Gasteiger partial charge in [-0.2, -0.15) is 0 Å². The number of ether oxygens (including phenoxy) is 3. The number of hydrogen-bond acceptors (Lipinski definition) is 4. The number of nitrogens with one attached hydrogen (secondary N) is 1. The van der Waals surface area contributed by atoms with Gasteiger partial charge < -0.3 is 19.5 Å². The lowest BCUT2D eigenvalue weighted by Gasteiger charge is -2.47. The molecule has 21 heavy (non-hydrogen) atoms. The number of benzene rings is 1. The lowest BCUT2D eigenvalue weighted by molar-refractivity contribution is -0.153. The second kappa shape index (κ2) is 6.24.